The van der Waals surface area contributed by atoms with Gasteiger partial charge in [0.1, 0.15) is 16.5 Å². The minimum absolute atomic E-state index is 0.00581. The van der Waals surface area contributed by atoms with Crippen LogP contribution in [0.4, 0.5) is 11.5 Å². The van der Waals surface area contributed by atoms with Crippen LogP contribution in [-0.4, -0.2) is 20.5 Å². The molecule has 2 rings (SSSR count). The molecule has 1 heterocycles. The zero-order valence-corrected chi connectivity index (χ0v) is 12.1. The van der Waals surface area contributed by atoms with Crippen LogP contribution in [0.15, 0.2) is 41.4 Å². The number of nitrogens with zero attached hydrogens (tertiary/aromatic N) is 1. The van der Waals surface area contributed by atoms with Gasteiger partial charge in [0.2, 0.25) is 0 Å². The molecule has 0 atom stereocenters. The number of ether oxygens (including phenoxy) is 1. The summed E-state index contributed by atoms with van der Waals surface area (Å²) in [6, 6.07) is 7.40. The number of pyridine rings is 1. The number of sulfonamides is 1. The van der Waals surface area contributed by atoms with Crippen molar-refractivity contribution in [2.75, 3.05) is 17.6 Å². The number of methoxy groups -OCH3 is 1. The van der Waals surface area contributed by atoms with Crippen molar-refractivity contribution in [3.8, 4) is 5.75 Å². The van der Waals surface area contributed by atoms with Gasteiger partial charge in [0.05, 0.1) is 12.8 Å². The molecule has 20 heavy (non-hydrogen) atoms. The highest BCUT2D eigenvalue weighted by Gasteiger charge is 2.17. The smallest absolute Gasteiger partial charge is 0.263 e. The van der Waals surface area contributed by atoms with Gasteiger partial charge in [0.25, 0.3) is 10.0 Å². The van der Waals surface area contributed by atoms with E-state index in [1.165, 1.54) is 31.5 Å². The standard InChI is InChI=1S/C12H12ClN3O3S/c1-19-11-4-2-8(13)6-10(11)16-20(17,18)9-3-5-12(14)15-7-9/h2-7,16H,1H3,(H2,14,15). The highest BCUT2D eigenvalue weighted by molar-refractivity contribution is 7.92. The van der Waals surface area contributed by atoms with E-state index in [9.17, 15) is 8.42 Å². The zero-order chi connectivity index (χ0) is 14.8. The monoisotopic (exact) mass is 313 g/mol. The molecule has 0 amide bonds. The van der Waals surface area contributed by atoms with Crippen LogP contribution in [0.3, 0.4) is 0 Å². The maximum atomic E-state index is 12.2. The van der Waals surface area contributed by atoms with Crippen molar-refractivity contribution in [1.29, 1.82) is 0 Å². The quantitative estimate of drug-likeness (QED) is 0.901. The topological polar surface area (TPSA) is 94.3 Å². The molecule has 0 spiro atoms. The number of nitrogen functional groups attached to an aromatic ring is 1. The molecule has 0 bridgehead atoms. The maximum absolute atomic E-state index is 12.2. The van der Waals surface area contributed by atoms with Gasteiger partial charge in [-0.25, -0.2) is 13.4 Å². The Labute approximate surface area is 121 Å². The number of halogens is 1. The third kappa shape index (κ3) is 3.12. The minimum Gasteiger partial charge on any atom is -0.495 e. The number of hydrogen-bond acceptors (Lipinski definition) is 5. The largest absolute Gasteiger partial charge is 0.495 e. The molecular formula is C12H12ClN3O3S. The molecule has 0 saturated heterocycles. The molecule has 0 aliphatic carbocycles. The van der Waals surface area contributed by atoms with Crippen LogP contribution in [0.2, 0.25) is 5.02 Å². The Bertz CT molecular complexity index is 717. The lowest BCUT2D eigenvalue weighted by Crippen LogP contribution is -2.14. The molecule has 1 aromatic heterocycles. The van der Waals surface area contributed by atoms with Crippen molar-refractivity contribution in [3.63, 3.8) is 0 Å². The van der Waals surface area contributed by atoms with Crippen molar-refractivity contribution >= 4 is 33.1 Å². The van der Waals surface area contributed by atoms with E-state index in [0.29, 0.717) is 10.8 Å². The lowest BCUT2D eigenvalue weighted by molar-refractivity contribution is 0.417. The highest BCUT2D eigenvalue weighted by atomic mass is 35.5. The number of aromatic nitrogens is 1. The average Bonchev–Trinajstić information content (AvgIpc) is 2.39. The SMILES string of the molecule is COc1ccc(Cl)cc1NS(=O)(=O)c1ccc(N)nc1. The van der Waals surface area contributed by atoms with Gasteiger partial charge in [-0.1, -0.05) is 11.6 Å². The van der Waals surface area contributed by atoms with Gasteiger partial charge in [-0.05, 0) is 30.3 Å². The third-order valence-electron chi connectivity index (χ3n) is 2.48. The van der Waals surface area contributed by atoms with Crippen LogP contribution in [0.5, 0.6) is 5.75 Å². The van der Waals surface area contributed by atoms with Crippen molar-refractivity contribution in [3.05, 3.63) is 41.6 Å². The molecule has 106 valence electrons. The van der Waals surface area contributed by atoms with Crippen LogP contribution in [0.1, 0.15) is 0 Å². The summed E-state index contributed by atoms with van der Waals surface area (Å²) < 4.78 is 31.9. The van der Waals surface area contributed by atoms with Gasteiger partial charge in [0.15, 0.2) is 0 Å². The van der Waals surface area contributed by atoms with Gasteiger partial charge >= 0.3 is 0 Å². The van der Waals surface area contributed by atoms with Gasteiger partial charge < -0.3 is 10.5 Å². The number of nitrogens with two attached hydrogens (primary N) is 1. The molecule has 8 heteroatoms. The summed E-state index contributed by atoms with van der Waals surface area (Å²) in [5.41, 5.74) is 5.67. The highest BCUT2D eigenvalue weighted by Crippen LogP contribution is 2.29. The molecular weight excluding hydrogens is 302 g/mol. The van der Waals surface area contributed by atoms with E-state index in [0.717, 1.165) is 0 Å². The van der Waals surface area contributed by atoms with Crippen molar-refractivity contribution in [1.82, 2.24) is 4.98 Å². The fraction of sp³-hybridized carbons (Fsp3) is 0.0833. The number of anilines is 2. The third-order valence-corrected chi connectivity index (χ3v) is 4.06. The van der Waals surface area contributed by atoms with Crippen LogP contribution < -0.4 is 15.2 Å². The van der Waals surface area contributed by atoms with Gasteiger partial charge in [-0.3, -0.25) is 4.72 Å². The predicted octanol–water partition coefficient (Wildman–Crippen LogP) is 2.13. The first-order valence-corrected chi connectivity index (χ1v) is 7.36. The van der Waals surface area contributed by atoms with Crippen LogP contribution in [0.25, 0.3) is 0 Å². The molecule has 0 fully saturated rings. The maximum Gasteiger partial charge on any atom is 0.263 e. The first kappa shape index (κ1) is 14.4. The van der Waals surface area contributed by atoms with E-state index < -0.39 is 10.0 Å². The van der Waals surface area contributed by atoms with Crippen LogP contribution in [-0.2, 0) is 10.0 Å². The number of rotatable bonds is 4. The first-order valence-electron chi connectivity index (χ1n) is 5.50. The number of hydrogen-bond donors (Lipinski definition) is 2. The molecule has 3 N–H and O–H groups in total. The Hall–Kier alpha value is -1.99. The van der Waals surface area contributed by atoms with E-state index in [2.05, 4.69) is 9.71 Å². The van der Waals surface area contributed by atoms with Gasteiger partial charge in [-0.15, -0.1) is 0 Å². The Morgan fingerprint density at radius 1 is 1.30 bits per heavy atom. The van der Waals surface area contributed by atoms with Crippen LogP contribution >= 0.6 is 11.6 Å². The molecule has 0 radical (unpaired) electrons. The molecule has 2 aromatic rings. The normalized spacial score (nSPS) is 11.1. The zero-order valence-electron chi connectivity index (χ0n) is 10.5. The summed E-state index contributed by atoms with van der Waals surface area (Å²) in [5, 5.41) is 0.388. The van der Waals surface area contributed by atoms with E-state index in [1.54, 1.807) is 12.1 Å². The second kappa shape index (κ2) is 5.56. The number of benzene rings is 1. The fourth-order valence-corrected chi connectivity index (χ4v) is 2.69. The average molecular weight is 314 g/mol. The summed E-state index contributed by atoms with van der Waals surface area (Å²) in [4.78, 5) is 3.74. The summed E-state index contributed by atoms with van der Waals surface area (Å²) in [6.07, 6.45) is 1.18. The minimum atomic E-state index is -3.79. The van der Waals surface area contributed by atoms with Crippen molar-refractivity contribution in [2.24, 2.45) is 0 Å². The molecule has 1 aromatic carbocycles. The Kier molecular flexibility index (Phi) is 4.01. The number of nitrogens with one attached hydrogen (secondary N) is 1. The summed E-state index contributed by atoms with van der Waals surface area (Å²) in [7, 11) is -2.35. The molecule has 0 unspecified atom stereocenters. The Morgan fingerprint density at radius 2 is 2.05 bits per heavy atom. The lowest BCUT2D eigenvalue weighted by atomic mass is 10.3. The molecule has 0 saturated carbocycles. The summed E-state index contributed by atoms with van der Waals surface area (Å²) in [6.45, 7) is 0. The second-order valence-corrected chi connectivity index (χ2v) is 5.99. The summed E-state index contributed by atoms with van der Waals surface area (Å²) >= 11 is 5.85. The molecule has 0 aliphatic heterocycles. The van der Waals surface area contributed by atoms with E-state index >= 15 is 0 Å². The first-order chi connectivity index (χ1) is 9.42. The second-order valence-electron chi connectivity index (χ2n) is 3.87. The van der Waals surface area contributed by atoms with Crippen molar-refractivity contribution < 1.29 is 13.2 Å². The predicted molar refractivity (Wildman–Crippen MR) is 77.5 cm³/mol. The van der Waals surface area contributed by atoms with E-state index in [4.69, 9.17) is 22.1 Å². The fourth-order valence-electron chi connectivity index (χ4n) is 1.51. The van der Waals surface area contributed by atoms with Gasteiger partial charge in [0, 0.05) is 11.2 Å². The van der Waals surface area contributed by atoms with E-state index in [1.807, 2.05) is 0 Å². The van der Waals surface area contributed by atoms with Crippen molar-refractivity contribution in [2.45, 2.75) is 4.90 Å². The Balaban J connectivity index is 2.37. The van der Waals surface area contributed by atoms with E-state index in [-0.39, 0.29) is 16.4 Å². The van der Waals surface area contributed by atoms with Crippen LogP contribution in [0, 0.1) is 0 Å². The lowest BCUT2D eigenvalue weighted by Gasteiger charge is -2.12. The molecule has 0 aliphatic rings. The molecule has 6 nitrogen and oxygen atoms in total. The summed E-state index contributed by atoms with van der Waals surface area (Å²) in [5.74, 6) is 0.602. The Morgan fingerprint density at radius 3 is 2.65 bits per heavy atom. The van der Waals surface area contributed by atoms with Gasteiger partial charge in [-0.2, -0.15) is 0 Å².